The molecule has 0 aliphatic rings. The van der Waals surface area contributed by atoms with Crippen molar-refractivity contribution in [2.45, 2.75) is 6.61 Å². The molecule has 0 radical (unpaired) electrons. The molecule has 0 aliphatic carbocycles. The van der Waals surface area contributed by atoms with E-state index < -0.39 is 5.97 Å². The van der Waals surface area contributed by atoms with Crippen LogP contribution in [0.1, 0.15) is 15.9 Å². The maximum absolute atomic E-state index is 11.8. The number of para-hydroxylation sites is 1. The molecular formula is C20H15N3O4. The number of rotatable bonds is 6. The Bertz CT molecular complexity index is 1080. The second-order valence-corrected chi connectivity index (χ2v) is 5.71. The number of aromatic nitrogens is 3. The van der Waals surface area contributed by atoms with E-state index in [9.17, 15) is 9.90 Å². The SMILES string of the molecule is O=C(O)c1c(OCc2ccccc2)cc(Oc2ccccc2)n2ncnc12. The van der Waals surface area contributed by atoms with Crippen LogP contribution in [0.25, 0.3) is 5.65 Å². The van der Waals surface area contributed by atoms with Gasteiger partial charge in [0.25, 0.3) is 0 Å². The third-order valence-electron chi connectivity index (χ3n) is 3.90. The van der Waals surface area contributed by atoms with Crippen LogP contribution in [0.2, 0.25) is 0 Å². The van der Waals surface area contributed by atoms with E-state index >= 15 is 0 Å². The average Bonchev–Trinajstić information content (AvgIpc) is 3.17. The minimum atomic E-state index is -1.15. The van der Waals surface area contributed by atoms with Crippen molar-refractivity contribution in [1.82, 2.24) is 14.6 Å². The van der Waals surface area contributed by atoms with Gasteiger partial charge < -0.3 is 14.6 Å². The third kappa shape index (κ3) is 3.43. The number of fused-ring (bicyclic) bond motifs is 1. The highest BCUT2D eigenvalue weighted by Gasteiger charge is 2.22. The van der Waals surface area contributed by atoms with E-state index in [1.54, 1.807) is 12.1 Å². The Morgan fingerprint density at radius 2 is 1.74 bits per heavy atom. The van der Waals surface area contributed by atoms with Gasteiger partial charge in [0, 0.05) is 6.07 Å². The van der Waals surface area contributed by atoms with Crippen LogP contribution in [0.3, 0.4) is 0 Å². The van der Waals surface area contributed by atoms with E-state index in [1.165, 1.54) is 16.9 Å². The van der Waals surface area contributed by atoms with Crippen molar-refractivity contribution in [3.05, 3.63) is 84.2 Å². The molecule has 0 amide bonds. The molecule has 2 aromatic carbocycles. The second kappa shape index (κ2) is 7.17. The summed E-state index contributed by atoms with van der Waals surface area (Å²) in [5, 5.41) is 13.7. The molecule has 4 rings (SSSR count). The number of carbonyl (C=O) groups is 1. The van der Waals surface area contributed by atoms with Crippen molar-refractivity contribution >= 4 is 11.6 Å². The van der Waals surface area contributed by atoms with Crippen LogP contribution in [0.15, 0.2) is 73.1 Å². The molecule has 4 aromatic rings. The van der Waals surface area contributed by atoms with Crippen LogP contribution < -0.4 is 9.47 Å². The molecule has 134 valence electrons. The van der Waals surface area contributed by atoms with Crippen molar-refractivity contribution in [2.24, 2.45) is 0 Å². The largest absolute Gasteiger partial charge is 0.488 e. The molecule has 0 aliphatic heterocycles. The molecule has 27 heavy (non-hydrogen) atoms. The summed E-state index contributed by atoms with van der Waals surface area (Å²) >= 11 is 0. The van der Waals surface area contributed by atoms with Gasteiger partial charge in [0.05, 0.1) is 0 Å². The molecular weight excluding hydrogens is 346 g/mol. The number of pyridine rings is 1. The zero-order valence-electron chi connectivity index (χ0n) is 14.1. The van der Waals surface area contributed by atoms with Crippen LogP contribution in [0.5, 0.6) is 17.4 Å². The summed E-state index contributed by atoms with van der Waals surface area (Å²) in [6.07, 6.45) is 1.28. The second-order valence-electron chi connectivity index (χ2n) is 5.71. The number of hydrogen-bond donors (Lipinski definition) is 1. The molecule has 0 fully saturated rings. The monoisotopic (exact) mass is 361 g/mol. The molecule has 0 saturated carbocycles. The topological polar surface area (TPSA) is 86.0 Å². The smallest absolute Gasteiger partial charge is 0.343 e. The molecule has 0 unspecified atom stereocenters. The summed E-state index contributed by atoms with van der Waals surface area (Å²) < 4.78 is 13.0. The fourth-order valence-electron chi connectivity index (χ4n) is 2.66. The summed E-state index contributed by atoms with van der Waals surface area (Å²) in [5.74, 6) is -0.0896. The Kier molecular flexibility index (Phi) is 4.40. The number of ether oxygens (including phenoxy) is 2. The lowest BCUT2D eigenvalue weighted by molar-refractivity contribution is 0.0693. The first-order valence-corrected chi connectivity index (χ1v) is 8.22. The average molecular weight is 361 g/mol. The summed E-state index contributed by atoms with van der Waals surface area (Å²) in [6, 6.07) is 20.1. The van der Waals surface area contributed by atoms with Crippen molar-refractivity contribution in [1.29, 1.82) is 0 Å². The lowest BCUT2D eigenvalue weighted by Crippen LogP contribution is -2.08. The van der Waals surface area contributed by atoms with Crippen LogP contribution in [0.4, 0.5) is 0 Å². The van der Waals surface area contributed by atoms with Gasteiger partial charge in [-0.3, -0.25) is 0 Å². The molecule has 0 bridgehead atoms. The van der Waals surface area contributed by atoms with Gasteiger partial charge in [-0.05, 0) is 17.7 Å². The predicted molar refractivity (Wildman–Crippen MR) is 97.2 cm³/mol. The number of hydrogen-bond acceptors (Lipinski definition) is 5. The first kappa shape index (κ1) is 16.6. The van der Waals surface area contributed by atoms with Crippen LogP contribution >= 0.6 is 0 Å². The van der Waals surface area contributed by atoms with Crippen molar-refractivity contribution in [3.8, 4) is 17.4 Å². The maximum atomic E-state index is 11.8. The zero-order chi connectivity index (χ0) is 18.6. The van der Waals surface area contributed by atoms with Crippen LogP contribution in [0, 0.1) is 0 Å². The Morgan fingerprint density at radius 1 is 1.04 bits per heavy atom. The molecule has 1 N–H and O–H groups in total. The Morgan fingerprint density at radius 3 is 2.44 bits per heavy atom. The van der Waals surface area contributed by atoms with Crippen molar-refractivity contribution in [3.63, 3.8) is 0 Å². The van der Waals surface area contributed by atoms with E-state index in [0.717, 1.165) is 5.56 Å². The molecule has 0 saturated heterocycles. The Hall–Kier alpha value is -3.87. The number of aromatic carboxylic acids is 1. The van der Waals surface area contributed by atoms with E-state index in [1.807, 2.05) is 48.5 Å². The first-order valence-electron chi connectivity index (χ1n) is 8.22. The van der Waals surface area contributed by atoms with Gasteiger partial charge in [-0.15, -0.1) is 0 Å². The standard InChI is InChI=1S/C20H15N3O4/c24-20(25)18-16(26-12-14-7-3-1-4-8-14)11-17(23-19(18)21-13-22-23)27-15-9-5-2-6-10-15/h1-11,13H,12H2,(H,24,25). The highest BCUT2D eigenvalue weighted by atomic mass is 16.5. The Balaban J connectivity index is 1.76. The fourth-order valence-corrected chi connectivity index (χ4v) is 2.66. The van der Waals surface area contributed by atoms with Gasteiger partial charge in [-0.1, -0.05) is 48.5 Å². The normalized spacial score (nSPS) is 10.7. The minimum Gasteiger partial charge on any atom is -0.488 e. The highest BCUT2D eigenvalue weighted by Crippen LogP contribution is 2.31. The highest BCUT2D eigenvalue weighted by molar-refractivity contribution is 5.97. The maximum Gasteiger partial charge on any atom is 0.343 e. The summed E-state index contributed by atoms with van der Waals surface area (Å²) in [4.78, 5) is 15.9. The van der Waals surface area contributed by atoms with Crippen LogP contribution in [-0.4, -0.2) is 25.7 Å². The number of benzene rings is 2. The van der Waals surface area contributed by atoms with Crippen molar-refractivity contribution in [2.75, 3.05) is 0 Å². The van der Waals surface area contributed by atoms with E-state index in [2.05, 4.69) is 10.1 Å². The van der Waals surface area contributed by atoms with Gasteiger partial charge in [-0.2, -0.15) is 9.61 Å². The lowest BCUT2D eigenvalue weighted by Gasteiger charge is -2.13. The molecule has 2 aromatic heterocycles. The molecule has 2 heterocycles. The Labute approximate surface area is 154 Å². The van der Waals surface area contributed by atoms with E-state index in [-0.39, 0.29) is 23.6 Å². The number of carboxylic acid groups (broad SMARTS) is 1. The van der Waals surface area contributed by atoms with Gasteiger partial charge in [-0.25, -0.2) is 9.78 Å². The zero-order valence-corrected chi connectivity index (χ0v) is 14.1. The lowest BCUT2D eigenvalue weighted by atomic mass is 10.2. The number of carboxylic acids is 1. The van der Waals surface area contributed by atoms with Gasteiger partial charge >= 0.3 is 5.97 Å². The van der Waals surface area contributed by atoms with Gasteiger partial charge in [0.15, 0.2) is 5.65 Å². The first-order chi connectivity index (χ1) is 13.2. The summed E-state index contributed by atoms with van der Waals surface area (Å²) in [6.45, 7) is 0.218. The fraction of sp³-hybridized carbons (Fsp3) is 0.0500. The number of nitrogens with zero attached hydrogens (tertiary/aromatic N) is 3. The minimum absolute atomic E-state index is 0.0659. The molecule has 0 atom stereocenters. The third-order valence-corrected chi connectivity index (χ3v) is 3.90. The molecule has 0 spiro atoms. The summed E-state index contributed by atoms with van der Waals surface area (Å²) in [7, 11) is 0. The van der Waals surface area contributed by atoms with E-state index in [4.69, 9.17) is 9.47 Å². The molecule has 7 nitrogen and oxygen atoms in total. The van der Waals surface area contributed by atoms with E-state index in [0.29, 0.717) is 11.6 Å². The quantitative estimate of drug-likeness (QED) is 0.562. The van der Waals surface area contributed by atoms with Crippen molar-refractivity contribution < 1.29 is 19.4 Å². The summed E-state index contributed by atoms with van der Waals surface area (Å²) in [5.41, 5.74) is 1.00. The predicted octanol–water partition coefficient (Wildman–Crippen LogP) is 3.80. The van der Waals surface area contributed by atoms with Gasteiger partial charge in [0.1, 0.15) is 30.0 Å². The van der Waals surface area contributed by atoms with Crippen LogP contribution in [-0.2, 0) is 6.61 Å². The molecule has 7 heteroatoms. The van der Waals surface area contributed by atoms with Gasteiger partial charge in [0.2, 0.25) is 5.88 Å².